The Balaban J connectivity index is 1.28. The van der Waals surface area contributed by atoms with Crippen LogP contribution in [0, 0.1) is 20.2 Å². The number of nitro groups is 2. The van der Waals surface area contributed by atoms with Crippen LogP contribution in [0.15, 0.2) is 158 Å². The van der Waals surface area contributed by atoms with Crippen LogP contribution in [-0.2, 0) is 22.3 Å². The van der Waals surface area contributed by atoms with Gasteiger partial charge in [-0.05, 0) is 71.5 Å². The average molecular weight is 775 g/mol. The number of ether oxygens (including phenoxy) is 2. The summed E-state index contributed by atoms with van der Waals surface area (Å²) in [5.74, 6) is -0.984. The maximum absolute atomic E-state index is 13.4. The molecule has 12 heteroatoms. The van der Waals surface area contributed by atoms with Crippen LogP contribution in [0.5, 0.6) is 0 Å². The highest BCUT2D eigenvalue weighted by Gasteiger charge is 2.46. The molecule has 0 aromatic heterocycles. The van der Waals surface area contributed by atoms with E-state index in [2.05, 4.69) is 9.80 Å². The van der Waals surface area contributed by atoms with Crippen molar-refractivity contribution < 1.29 is 28.9 Å². The summed E-state index contributed by atoms with van der Waals surface area (Å²) in [5, 5.41) is 24.0. The van der Waals surface area contributed by atoms with E-state index in [0.717, 1.165) is 33.6 Å². The number of rotatable bonds is 13. The van der Waals surface area contributed by atoms with Gasteiger partial charge in [0.25, 0.3) is 11.4 Å². The molecule has 0 saturated carbocycles. The fourth-order valence-electron chi connectivity index (χ4n) is 8.28. The molecule has 0 fully saturated rings. The van der Waals surface area contributed by atoms with Crippen molar-refractivity contribution in [2.45, 2.75) is 37.0 Å². The molecule has 4 atom stereocenters. The Labute approximate surface area is 334 Å². The van der Waals surface area contributed by atoms with Gasteiger partial charge in [0.05, 0.1) is 45.1 Å². The van der Waals surface area contributed by atoms with Gasteiger partial charge in [-0.2, -0.15) is 0 Å². The summed E-state index contributed by atoms with van der Waals surface area (Å²) in [6.07, 6.45) is 0.704. The molecule has 0 bridgehead atoms. The number of hydrogen-bond donors (Lipinski definition) is 0. The average Bonchev–Trinajstić information content (AvgIpc) is 3.81. The molecule has 2 aliphatic heterocycles. The SMILES string of the molecule is O=C(OCC1Cc2cc([N+](=O)[O-])ccc2N1C(c1ccccc1)C(c1ccccc1)N1c2ccc([N+](=O)[O-])cc2CC1COC(=O)c1ccccc1)c1ccccc1. The van der Waals surface area contributed by atoms with Gasteiger partial charge in [-0.1, -0.05) is 97.1 Å². The monoisotopic (exact) mass is 774 g/mol. The summed E-state index contributed by atoms with van der Waals surface area (Å²) in [4.78, 5) is 54.4. The molecular formula is C46H38N4O8. The molecule has 0 radical (unpaired) electrons. The number of carbonyl (C=O) groups is 2. The summed E-state index contributed by atoms with van der Waals surface area (Å²) in [7, 11) is 0. The van der Waals surface area contributed by atoms with Crippen molar-refractivity contribution in [1.82, 2.24) is 0 Å². The van der Waals surface area contributed by atoms with Crippen LogP contribution in [0.4, 0.5) is 22.7 Å². The van der Waals surface area contributed by atoms with Gasteiger partial charge in [0, 0.05) is 35.6 Å². The molecule has 58 heavy (non-hydrogen) atoms. The number of esters is 2. The van der Waals surface area contributed by atoms with Gasteiger partial charge >= 0.3 is 11.9 Å². The van der Waals surface area contributed by atoms with Crippen molar-refractivity contribution in [3.63, 3.8) is 0 Å². The van der Waals surface area contributed by atoms with Gasteiger partial charge < -0.3 is 19.3 Å². The molecule has 0 aliphatic carbocycles. The lowest BCUT2D eigenvalue weighted by molar-refractivity contribution is -0.385. The summed E-state index contributed by atoms with van der Waals surface area (Å²) >= 11 is 0. The predicted octanol–water partition coefficient (Wildman–Crippen LogP) is 8.86. The van der Waals surface area contributed by atoms with Gasteiger partial charge in [0.2, 0.25) is 0 Å². The molecule has 6 aromatic carbocycles. The number of benzene rings is 6. The van der Waals surface area contributed by atoms with Crippen LogP contribution in [0.3, 0.4) is 0 Å². The standard InChI is InChI=1S/C46H38N4O8/c51-45(33-17-9-3-10-18-33)57-29-39-27-35-25-37(49(53)54)21-23-41(35)47(39)43(31-13-5-1-6-14-31)44(32-15-7-2-8-16-32)48-40(30-58-46(52)34-19-11-4-12-20-34)28-36-26-38(50(55)56)22-24-42(36)48/h1-26,39-40,43-44H,27-30H2. The van der Waals surface area contributed by atoms with Crippen molar-refractivity contribution in [2.75, 3.05) is 23.0 Å². The smallest absolute Gasteiger partial charge is 0.338 e. The molecule has 0 amide bonds. The van der Waals surface area contributed by atoms with E-state index in [0.29, 0.717) is 24.0 Å². The van der Waals surface area contributed by atoms with E-state index < -0.39 is 46.0 Å². The molecule has 4 unspecified atom stereocenters. The zero-order valence-corrected chi connectivity index (χ0v) is 31.2. The van der Waals surface area contributed by atoms with E-state index in [9.17, 15) is 29.8 Å². The van der Waals surface area contributed by atoms with Gasteiger partial charge in [-0.25, -0.2) is 9.59 Å². The number of non-ortho nitro benzene ring substituents is 2. The van der Waals surface area contributed by atoms with Crippen LogP contribution in [-0.4, -0.2) is 47.1 Å². The number of nitro benzene ring substituents is 2. The lowest BCUT2D eigenvalue weighted by Gasteiger charge is -2.46. The Morgan fingerprint density at radius 1 is 0.534 bits per heavy atom. The first-order chi connectivity index (χ1) is 28.3. The van der Waals surface area contributed by atoms with Crippen molar-refractivity contribution in [3.8, 4) is 0 Å². The first-order valence-corrected chi connectivity index (χ1v) is 18.9. The van der Waals surface area contributed by atoms with Crippen LogP contribution >= 0.6 is 0 Å². The van der Waals surface area contributed by atoms with Crippen LogP contribution in [0.2, 0.25) is 0 Å². The zero-order chi connectivity index (χ0) is 40.2. The third kappa shape index (κ3) is 7.59. The molecule has 0 N–H and O–H groups in total. The van der Waals surface area contributed by atoms with Gasteiger partial charge in [-0.3, -0.25) is 20.2 Å². The molecule has 0 spiro atoms. The highest BCUT2D eigenvalue weighted by molar-refractivity contribution is 5.90. The Morgan fingerprint density at radius 2 is 0.879 bits per heavy atom. The third-order valence-corrected chi connectivity index (χ3v) is 10.8. The fraction of sp³-hybridized carbons (Fsp3) is 0.174. The summed E-state index contributed by atoms with van der Waals surface area (Å²) in [5.41, 5.74) is 5.46. The highest BCUT2D eigenvalue weighted by atomic mass is 16.6. The van der Waals surface area contributed by atoms with E-state index >= 15 is 0 Å². The lowest BCUT2D eigenvalue weighted by Crippen LogP contribution is -2.49. The maximum Gasteiger partial charge on any atom is 0.338 e. The normalized spacial score (nSPS) is 16.5. The largest absolute Gasteiger partial charge is 0.460 e. The first-order valence-electron chi connectivity index (χ1n) is 18.9. The molecule has 12 nitrogen and oxygen atoms in total. The van der Waals surface area contributed by atoms with E-state index in [1.165, 1.54) is 12.1 Å². The molecule has 8 rings (SSSR count). The molecule has 290 valence electrons. The second-order valence-corrected chi connectivity index (χ2v) is 14.3. The van der Waals surface area contributed by atoms with Crippen LogP contribution < -0.4 is 9.80 Å². The number of hydrogen-bond acceptors (Lipinski definition) is 10. The number of carbonyl (C=O) groups excluding carboxylic acids is 2. The predicted molar refractivity (Wildman–Crippen MR) is 218 cm³/mol. The fourth-order valence-corrected chi connectivity index (χ4v) is 8.28. The number of fused-ring (bicyclic) bond motifs is 2. The van der Waals surface area contributed by atoms with E-state index in [4.69, 9.17) is 9.47 Å². The zero-order valence-electron chi connectivity index (χ0n) is 31.2. The van der Waals surface area contributed by atoms with Gasteiger partial charge in [0.15, 0.2) is 0 Å². The first kappa shape index (κ1) is 37.6. The summed E-state index contributed by atoms with van der Waals surface area (Å²) in [6, 6.07) is 44.8. The van der Waals surface area contributed by atoms with Crippen LogP contribution in [0.1, 0.15) is 55.1 Å². The lowest BCUT2D eigenvalue weighted by atomic mass is 9.89. The van der Waals surface area contributed by atoms with E-state index in [-0.39, 0.29) is 24.6 Å². The van der Waals surface area contributed by atoms with Crippen molar-refractivity contribution in [3.05, 3.63) is 211 Å². The number of anilines is 2. The van der Waals surface area contributed by atoms with Gasteiger partial charge in [-0.15, -0.1) is 0 Å². The number of nitrogens with zero attached hydrogens (tertiary/aromatic N) is 4. The molecule has 2 aliphatic rings. The van der Waals surface area contributed by atoms with Crippen molar-refractivity contribution in [1.29, 1.82) is 0 Å². The third-order valence-electron chi connectivity index (χ3n) is 10.8. The Kier molecular flexibility index (Phi) is 10.6. The minimum atomic E-state index is -0.541. The van der Waals surface area contributed by atoms with Crippen molar-refractivity contribution >= 4 is 34.7 Å². The summed E-state index contributed by atoms with van der Waals surface area (Å²) < 4.78 is 12.0. The second-order valence-electron chi connectivity index (χ2n) is 14.3. The Hall–Kier alpha value is -7.34. The molecule has 2 heterocycles. The molecular weight excluding hydrogens is 737 g/mol. The van der Waals surface area contributed by atoms with Crippen molar-refractivity contribution in [2.24, 2.45) is 0 Å². The molecule has 0 saturated heterocycles. The topological polar surface area (TPSA) is 145 Å². The Bertz CT molecular complexity index is 2280. The minimum Gasteiger partial charge on any atom is -0.460 e. The van der Waals surface area contributed by atoms with Gasteiger partial charge in [0.1, 0.15) is 13.2 Å². The Morgan fingerprint density at radius 3 is 1.22 bits per heavy atom. The maximum atomic E-state index is 13.4. The molecule has 6 aromatic rings. The highest BCUT2D eigenvalue weighted by Crippen LogP contribution is 2.51. The minimum absolute atomic E-state index is 0.0258. The van der Waals surface area contributed by atoms with E-state index in [1.54, 1.807) is 72.8 Å². The van der Waals surface area contributed by atoms with E-state index in [1.807, 2.05) is 72.8 Å². The summed E-state index contributed by atoms with van der Waals surface area (Å²) in [6.45, 7) is -0.0517. The second kappa shape index (κ2) is 16.4. The van der Waals surface area contributed by atoms with Crippen LogP contribution in [0.25, 0.3) is 0 Å². The quantitative estimate of drug-likeness (QED) is 0.0634.